The van der Waals surface area contributed by atoms with Gasteiger partial charge in [0.15, 0.2) is 0 Å². The number of nitrogens with zero attached hydrogens (tertiary/aromatic N) is 2. The van der Waals surface area contributed by atoms with Gasteiger partial charge in [-0.1, -0.05) is 32.0 Å². The summed E-state index contributed by atoms with van der Waals surface area (Å²) in [4.78, 5) is 28.7. The third-order valence-corrected chi connectivity index (χ3v) is 4.69. The summed E-state index contributed by atoms with van der Waals surface area (Å²) >= 11 is 0. The van der Waals surface area contributed by atoms with Crippen LogP contribution in [0.2, 0.25) is 0 Å². The minimum atomic E-state index is -4.64. The minimum Gasteiger partial charge on any atom is -0.382 e. The van der Waals surface area contributed by atoms with Crippen LogP contribution < -0.4 is 5.32 Å². The Bertz CT molecular complexity index is 782. The Morgan fingerprint density at radius 1 is 1.14 bits per heavy atom. The highest BCUT2D eigenvalue weighted by molar-refractivity contribution is 7.45. The van der Waals surface area contributed by atoms with Gasteiger partial charge in [0.1, 0.15) is 0 Å². The van der Waals surface area contributed by atoms with E-state index in [-0.39, 0.29) is 0 Å². The van der Waals surface area contributed by atoms with Crippen LogP contribution in [0.3, 0.4) is 0 Å². The Hall–Kier alpha value is -1.50. The van der Waals surface area contributed by atoms with Gasteiger partial charge in [-0.15, -0.1) is 0 Å². The molecule has 158 valence electrons. The number of aryl methyl sites for hydroxylation is 2. The summed E-state index contributed by atoms with van der Waals surface area (Å²) in [5.41, 5.74) is 4.81. The fourth-order valence-corrected chi connectivity index (χ4v) is 3.14. The predicted molar refractivity (Wildman–Crippen MR) is 116 cm³/mol. The van der Waals surface area contributed by atoms with Crippen molar-refractivity contribution in [2.75, 3.05) is 25.0 Å². The van der Waals surface area contributed by atoms with Crippen LogP contribution in [0, 0.1) is 13.8 Å². The fourth-order valence-electron chi connectivity index (χ4n) is 3.14. The van der Waals surface area contributed by atoms with E-state index in [2.05, 4.69) is 68.0 Å². The molecule has 8 heteroatoms. The standard InChI is InChI=1S/C20H31N3.H3O4P/c1-6-23(7-2)13-9-11-17(5)22-20-16(4)14-21-19-15(3)10-8-12-18(19)20;1-5(2,3)4/h8,10,12,14,17H,6-7,9,11,13H2,1-5H3,(H,21,22);(H3,1,2,3,4). The minimum absolute atomic E-state index is 0.468. The molecule has 1 atom stereocenters. The molecule has 2 aromatic rings. The summed E-state index contributed by atoms with van der Waals surface area (Å²) in [5, 5.41) is 4.97. The molecule has 0 aliphatic rings. The van der Waals surface area contributed by atoms with Crippen molar-refractivity contribution < 1.29 is 19.2 Å². The fraction of sp³-hybridized carbons (Fsp3) is 0.550. The average molecular weight is 411 g/mol. The first-order valence-electron chi connectivity index (χ1n) is 9.68. The molecule has 2 rings (SSSR count). The van der Waals surface area contributed by atoms with Gasteiger partial charge in [0, 0.05) is 23.3 Å². The number of nitrogens with one attached hydrogen (secondary N) is 1. The molecule has 0 radical (unpaired) electrons. The predicted octanol–water partition coefficient (Wildman–Crippen LogP) is 3.85. The molecule has 1 aromatic heterocycles. The highest BCUT2D eigenvalue weighted by Crippen LogP contribution is 2.28. The summed E-state index contributed by atoms with van der Waals surface area (Å²) in [5.74, 6) is 0. The third kappa shape index (κ3) is 8.67. The van der Waals surface area contributed by atoms with Crippen molar-refractivity contribution in [1.82, 2.24) is 9.88 Å². The van der Waals surface area contributed by atoms with E-state index in [1.165, 1.54) is 41.6 Å². The first-order chi connectivity index (χ1) is 13.1. The summed E-state index contributed by atoms with van der Waals surface area (Å²) in [6.07, 6.45) is 4.41. The van der Waals surface area contributed by atoms with Crippen LogP contribution in [-0.2, 0) is 4.57 Å². The summed E-state index contributed by atoms with van der Waals surface area (Å²) in [6, 6.07) is 6.89. The first kappa shape index (κ1) is 24.5. The third-order valence-electron chi connectivity index (χ3n) is 4.69. The molecule has 1 aromatic carbocycles. The van der Waals surface area contributed by atoms with Gasteiger partial charge in [0.05, 0.1) is 5.52 Å². The lowest BCUT2D eigenvalue weighted by molar-refractivity contribution is 0.275. The van der Waals surface area contributed by atoms with Crippen molar-refractivity contribution in [3.8, 4) is 0 Å². The lowest BCUT2D eigenvalue weighted by atomic mass is 10.1. The highest BCUT2D eigenvalue weighted by atomic mass is 31.2. The highest BCUT2D eigenvalue weighted by Gasteiger charge is 2.10. The van der Waals surface area contributed by atoms with E-state index >= 15 is 0 Å². The zero-order valence-corrected chi connectivity index (χ0v) is 18.4. The molecule has 7 nitrogen and oxygen atoms in total. The largest absolute Gasteiger partial charge is 0.466 e. The Labute approximate surface area is 168 Å². The Morgan fingerprint density at radius 3 is 2.32 bits per heavy atom. The number of hydrogen-bond donors (Lipinski definition) is 4. The van der Waals surface area contributed by atoms with Crippen molar-refractivity contribution in [3.63, 3.8) is 0 Å². The van der Waals surface area contributed by atoms with Crippen LogP contribution in [-0.4, -0.2) is 50.2 Å². The van der Waals surface area contributed by atoms with Gasteiger partial charge >= 0.3 is 7.82 Å². The summed E-state index contributed by atoms with van der Waals surface area (Å²) in [7, 11) is -4.64. The molecule has 28 heavy (non-hydrogen) atoms. The van der Waals surface area contributed by atoms with Gasteiger partial charge in [-0.3, -0.25) is 4.98 Å². The molecule has 1 unspecified atom stereocenters. The molecule has 0 saturated carbocycles. The maximum absolute atomic E-state index is 8.88. The molecule has 0 spiro atoms. The molecule has 0 bridgehead atoms. The van der Waals surface area contributed by atoms with Crippen molar-refractivity contribution in [3.05, 3.63) is 35.5 Å². The maximum Gasteiger partial charge on any atom is 0.466 e. The molecule has 1 heterocycles. The van der Waals surface area contributed by atoms with Crippen LogP contribution >= 0.6 is 7.82 Å². The monoisotopic (exact) mass is 411 g/mol. The second-order valence-electron chi connectivity index (χ2n) is 7.02. The normalized spacial score (nSPS) is 12.6. The van der Waals surface area contributed by atoms with Crippen LogP contribution in [0.4, 0.5) is 5.69 Å². The van der Waals surface area contributed by atoms with Gasteiger partial charge in [0.2, 0.25) is 0 Å². The maximum atomic E-state index is 8.88. The van der Waals surface area contributed by atoms with Crippen molar-refractivity contribution in [2.45, 2.75) is 53.5 Å². The molecular formula is C20H34N3O4P. The van der Waals surface area contributed by atoms with E-state index in [1.54, 1.807) is 0 Å². The van der Waals surface area contributed by atoms with Gasteiger partial charge in [-0.25, -0.2) is 4.57 Å². The lowest BCUT2D eigenvalue weighted by Crippen LogP contribution is -2.25. The zero-order valence-electron chi connectivity index (χ0n) is 17.5. The van der Waals surface area contributed by atoms with E-state index in [0.29, 0.717) is 6.04 Å². The lowest BCUT2D eigenvalue weighted by Gasteiger charge is -2.21. The second kappa shape index (κ2) is 11.5. The van der Waals surface area contributed by atoms with E-state index in [4.69, 9.17) is 19.2 Å². The van der Waals surface area contributed by atoms with Gasteiger partial charge in [-0.05, 0) is 64.4 Å². The topological polar surface area (TPSA) is 106 Å². The smallest absolute Gasteiger partial charge is 0.382 e. The van der Waals surface area contributed by atoms with E-state index in [9.17, 15) is 0 Å². The number of hydrogen-bond acceptors (Lipinski definition) is 4. The summed E-state index contributed by atoms with van der Waals surface area (Å²) in [6.45, 7) is 14.5. The molecule has 0 aliphatic heterocycles. The van der Waals surface area contributed by atoms with Crippen LogP contribution in [0.25, 0.3) is 10.9 Å². The van der Waals surface area contributed by atoms with Gasteiger partial charge in [0.25, 0.3) is 0 Å². The Morgan fingerprint density at radius 2 is 1.75 bits per heavy atom. The molecular weight excluding hydrogens is 377 g/mol. The number of pyridine rings is 1. The molecule has 4 N–H and O–H groups in total. The van der Waals surface area contributed by atoms with Gasteiger partial charge in [-0.2, -0.15) is 0 Å². The number of para-hydroxylation sites is 1. The molecule has 0 saturated heterocycles. The van der Waals surface area contributed by atoms with Crippen molar-refractivity contribution >= 4 is 24.4 Å². The Balaban J connectivity index is 0.000000696. The Kier molecular flexibility index (Phi) is 10.1. The van der Waals surface area contributed by atoms with E-state index in [0.717, 1.165) is 18.6 Å². The number of fused-ring (bicyclic) bond motifs is 1. The number of anilines is 1. The SMILES string of the molecule is CCN(CC)CCCC(C)Nc1c(C)cnc2c(C)cccc12.O=P(O)(O)O. The number of benzene rings is 1. The second-order valence-corrected chi connectivity index (χ2v) is 8.04. The van der Waals surface area contributed by atoms with Gasteiger partial charge < -0.3 is 24.9 Å². The molecule has 0 fully saturated rings. The zero-order chi connectivity index (χ0) is 21.3. The van der Waals surface area contributed by atoms with Crippen molar-refractivity contribution in [2.24, 2.45) is 0 Å². The number of aromatic nitrogens is 1. The van der Waals surface area contributed by atoms with E-state index < -0.39 is 7.82 Å². The number of rotatable bonds is 8. The van der Waals surface area contributed by atoms with Crippen molar-refractivity contribution in [1.29, 1.82) is 0 Å². The van der Waals surface area contributed by atoms with Crippen LogP contribution in [0.5, 0.6) is 0 Å². The van der Waals surface area contributed by atoms with E-state index in [1.807, 2.05) is 6.20 Å². The van der Waals surface area contributed by atoms with Crippen LogP contribution in [0.15, 0.2) is 24.4 Å². The summed E-state index contributed by atoms with van der Waals surface area (Å²) < 4.78 is 8.88. The molecule has 0 amide bonds. The molecule has 0 aliphatic carbocycles. The first-order valence-corrected chi connectivity index (χ1v) is 11.2. The van der Waals surface area contributed by atoms with Crippen LogP contribution in [0.1, 0.15) is 44.7 Å². The number of phosphoric acid groups is 1. The average Bonchev–Trinajstić information content (AvgIpc) is 2.60. The quantitative estimate of drug-likeness (QED) is 0.489.